The number of benzene rings is 3. The number of hydrogen-bond donors (Lipinski definition) is 3. The van der Waals surface area contributed by atoms with Crippen LogP contribution < -0.4 is 16.0 Å². The van der Waals surface area contributed by atoms with Gasteiger partial charge in [-0.15, -0.1) is 0 Å². The van der Waals surface area contributed by atoms with E-state index in [9.17, 15) is 9.59 Å². The van der Waals surface area contributed by atoms with E-state index in [1.54, 1.807) is 0 Å². The van der Waals surface area contributed by atoms with Gasteiger partial charge in [0.25, 0.3) is 0 Å². The van der Waals surface area contributed by atoms with E-state index in [0.717, 1.165) is 73.8 Å². The van der Waals surface area contributed by atoms with E-state index in [2.05, 4.69) is 63.4 Å². The highest BCUT2D eigenvalue weighted by Crippen LogP contribution is 2.32. The van der Waals surface area contributed by atoms with Crippen LogP contribution in [0.2, 0.25) is 0 Å². The Bertz CT molecular complexity index is 1460. The zero-order chi connectivity index (χ0) is 25.9. The fourth-order valence-electron chi connectivity index (χ4n) is 5.92. The predicted molar refractivity (Wildman–Crippen MR) is 155 cm³/mol. The summed E-state index contributed by atoms with van der Waals surface area (Å²) in [6.07, 6.45) is 8.10. The van der Waals surface area contributed by atoms with Gasteiger partial charge in [-0.2, -0.15) is 0 Å². The fourth-order valence-corrected chi connectivity index (χ4v) is 6.83. The van der Waals surface area contributed by atoms with Crippen LogP contribution in [0.4, 0.5) is 10.8 Å². The Hall–Kier alpha value is -3.29. The van der Waals surface area contributed by atoms with Crippen molar-refractivity contribution in [2.75, 3.05) is 10.6 Å². The van der Waals surface area contributed by atoms with Gasteiger partial charge in [-0.25, -0.2) is 4.98 Å². The van der Waals surface area contributed by atoms with Crippen LogP contribution in [0.25, 0.3) is 21.0 Å². The first-order valence-electron chi connectivity index (χ1n) is 13.8. The summed E-state index contributed by atoms with van der Waals surface area (Å²) >= 11 is 1.46. The van der Waals surface area contributed by atoms with Gasteiger partial charge in [-0.1, -0.05) is 67.0 Å². The van der Waals surface area contributed by atoms with E-state index >= 15 is 0 Å². The standard InChI is InChI=1S/C31H34N4O2S/c36-29(22-7-2-3-8-22)35-31-34-27-15-14-26(18-28(27)38-31)33-30(37)24-10-5-11-25(17-24)32-19-20-12-13-21-6-1-4-9-23(21)16-20/h1,4,6,9,12-16,18,22,24-25,32H,2-3,5,7-8,10-11,17,19H2,(H,33,37)(H,34,35,36)/t24-,25+/m1/s1. The lowest BCUT2D eigenvalue weighted by molar-refractivity contribution is -0.121. The number of hydrogen-bond acceptors (Lipinski definition) is 5. The smallest absolute Gasteiger partial charge is 0.229 e. The molecule has 2 aliphatic carbocycles. The first-order valence-corrected chi connectivity index (χ1v) is 14.7. The van der Waals surface area contributed by atoms with Crippen molar-refractivity contribution in [3.05, 3.63) is 66.2 Å². The molecule has 4 aromatic rings. The molecule has 0 unspecified atom stereocenters. The summed E-state index contributed by atoms with van der Waals surface area (Å²) in [5.41, 5.74) is 2.89. The van der Waals surface area contributed by atoms with Crippen LogP contribution in [-0.2, 0) is 16.1 Å². The summed E-state index contributed by atoms with van der Waals surface area (Å²) < 4.78 is 0.961. The summed E-state index contributed by atoms with van der Waals surface area (Å²) in [6.45, 7) is 0.811. The average molecular weight is 527 g/mol. The molecule has 2 aliphatic rings. The summed E-state index contributed by atoms with van der Waals surface area (Å²) in [5.74, 6) is 0.270. The monoisotopic (exact) mass is 526 g/mol. The van der Waals surface area contributed by atoms with Gasteiger partial charge in [0, 0.05) is 30.1 Å². The number of rotatable bonds is 7. The second-order valence-corrected chi connectivity index (χ2v) is 11.8. The number of carbonyl (C=O) groups is 2. The van der Waals surface area contributed by atoms with Gasteiger partial charge >= 0.3 is 0 Å². The molecule has 2 amide bonds. The highest BCUT2D eigenvalue weighted by atomic mass is 32.1. The zero-order valence-electron chi connectivity index (χ0n) is 21.5. The quantitative estimate of drug-likeness (QED) is 0.246. The summed E-state index contributed by atoms with van der Waals surface area (Å²) in [5, 5.41) is 13.0. The highest BCUT2D eigenvalue weighted by molar-refractivity contribution is 7.22. The predicted octanol–water partition coefficient (Wildman–Crippen LogP) is 6.87. The number of fused-ring (bicyclic) bond motifs is 2. The van der Waals surface area contributed by atoms with Crippen molar-refractivity contribution >= 4 is 55.0 Å². The minimum Gasteiger partial charge on any atom is -0.326 e. The Morgan fingerprint density at radius 3 is 2.47 bits per heavy atom. The molecule has 2 atom stereocenters. The molecule has 196 valence electrons. The number of thiazole rings is 1. The first-order chi connectivity index (χ1) is 18.6. The van der Waals surface area contributed by atoms with Crippen LogP contribution in [0.5, 0.6) is 0 Å². The Kier molecular flexibility index (Phi) is 7.38. The topological polar surface area (TPSA) is 83.1 Å². The summed E-state index contributed by atoms with van der Waals surface area (Å²) in [4.78, 5) is 30.2. The molecule has 0 saturated heterocycles. The van der Waals surface area contributed by atoms with Gasteiger partial charge < -0.3 is 16.0 Å². The van der Waals surface area contributed by atoms with E-state index in [0.29, 0.717) is 11.2 Å². The van der Waals surface area contributed by atoms with Crippen molar-refractivity contribution in [1.29, 1.82) is 0 Å². The molecule has 1 heterocycles. The normalized spacial score (nSPS) is 20.1. The number of anilines is 2. The van der Waals surface area contributed by atoms with Crippen molar-refractivity contribution in [3.8, 4) is 0 Å². The Morgan fingerprint density at radius 2 is 1.61 bits per heavy atom. The Balaban J connectivity index is 1.04. The van der Waals surface area contributed by atoms with Crippen molar-refractivity contribution in [3.63, 3.8) is 0 Å². The SMILES string of the molecule is O=C(Nc1nc2ccc(NC(=O)[C@@H]3CCC[C@H](NCc4ccc5ccccc5c4)C3)cc2s1)C1CCCC1. The minimum atomic E-state index is -0.00345. The van der Waals surface area contributed by atoms with Crippen molar-refractivity contribution in [1.82, 2.24) is 10.3 Å². The Labute approximate surface area is 227 Å². The van der Waals surface area contributed by atoms with Gasteiger partial charge in [-0.05, 0) is 72.7 Å². The third kappa shape index (κ3) is 5.74. The molecule has 0 bridgehead atoms. The van der Waals surface area contributed by atoms with E-state index in [1.165, 1.54) is 27.7 Å². The summed E-state index contributed by atoms with van der Waals surface area (Å²) in [6, 6.07) is 21.2. The van der Waals surface area contributed by atoms with Crippen molar-refractivity contribution in [2.24, 2.45) is 11.8 Å². The van der Waals surface area contributed by atoms with Crippen LogP contribution >= 0.6 is 11.3 Å². The van der Waals surface area contributed by atoms with E-state index in [4.69, 9.17) is 0 Å². The molecule has 7 heteroatoms. The number of carbonyl (C=O) groups excluding carboxylic acids is 2. The molecular weight excluding hydrogens is 492 g/mol. The van der Waals surface area contributed by atoms with Gasteiger partial charge in [-0.3, -0.25) is 9.59 Å². The number of nitrogens with one attached hydrogen (secondary N) is 3. The molecular formula is C31H34N4O2S. The molecule has 6 rings (SSSR count). The van der Waals surface area contributed by atoms with E-state index in [-0.39, 0.29) is 23.7 Å². The Morgan fingerprint density at radius 1 is 0.816 bits per heavy atom. The van der Waals surface area contributed by atoms with Crippen LogP contribution in [-0.4, -0.2) is 22.8 Å². The van der Waals surface area contributed by atoms with Gasteiger partial charge in [0.15, 0.2) is 5.13 Å². The zero-order valence-corrected chi connectivity index (χ0v) is 22.4. The molecule has 0 aliphatic heterocycles. The second kappa shape index (κ2) is 11.2. The van der Waals surface area contributed by atoms with Crippen molar-refractivity contribution in [2.45, 2.75) is 64.0 Å². The third-order valence-electron chi connectivity index (χ3n) is 8.07. The second-order valence-electron chi connectivity index (χ2n) is 10.8. The fraction of sp³-hybridized carbons (Fsp3) is 0.387. The molecule has 3 N–H and O–H groups in total. The largest absolute Gasteiger partial charge is 0.326 e. The maximum atomic E-state index is 13.2. The summed E-state index contributed by atoms with van der Waals surface area (Å²) in [7, 11) is 0. The van der Waals surface area contributed by atoms with Gasteiger partial charge in [0.1, 0.15) is 0 Å². The van der Waals surface area contributed by atoms with Crippen LogP contribution in [0.15, 0.2) is 60.7 Å². The first kappa shape index (κ1) is 25.0. The average Bonchev–Trinajstić information content (AvgIpc) is 3.62. The van der Waals surface area contributed by atoms with Gasteiger partial charge in [0.2, 0.25) is 11.8 Å². The third-order valence-corrected chi connectivity index (χ3v) is 9.00. The maximum absolute atomic E-state index is 13.2. The number of amides is 2. The van der Waals surface area contributed by atoms with E-state index < -0.39 is 0 Å². The van der Waals surface area contributed by atoms with Crippen LogP contribution in [0, 0.1) is 11.8 Å². The molecule has 0 radical (unpaired) electrons. The molecule has 6 nitrogen and oxygen atoms in total. The van der Waals surface area contributed by atoms with Crippen LogP contribution in [0.3, 0.4) is 0 Å². The lowest BCUT2D eigenvalue weighted by Crippen LogP contribution is -2.37. The molecule has 1 aromatic heterocycles. The molecule has 3 aromatic carbocycles. The maximum Gasteiger partial charge on any atom is 0.229 e. The molecule has 2 fully saturated rings. The van der Waals surface area contributed by atoms with Gasteiger partial charge in [0.05, 0.1) is 10.2 Å². The lowest BCUT2D eigenvalue weighted by atomic mass is 9.85. The molecule has 0 spiro atoms. The number of nitrogens with zero attached hydrogens (tertiary/aromatic N) is 1. The minimum absolute atomic E-state index is 0.00345. The highest BCUT2D eigenvalue weighted by Gasteiger charge is 2.27. The lowest BCUT2D eigenvalue weighted by Gasteiger charge is -2.29. The van der Waals surface area contributed by atoms with E-state index in [1.807, 2.05) is 18.2 Å². The molecule has 38 heavy (non-hydrogen) atoms. The van der Waals surface area contributed by atoms with Crippen LogP contribution in [0.1, 0.15) is 56.9 Å². The van der Waals surface area contributed by atoms with Crippen molar-refractivity contribution < 1.29 is 9.59 Å². The molecule has 2 saturated carbocycles. The number of aromatic nitrogens is 1.